The number of hydrogen-bond donors (Lipinski definition) is 2. The zero-order chi connectivity index (χ0) is 15.4. The maximum absolute atomic E-state index is 13.5. The van der Waals surface area contributed by atoms with E-state index < -0.39 is 0 Å². The molecule has 3 nitrogen and oxygen atoms in total. The van der Waals surface area contributed by atoms with Gasteiger partial charge < -0.3 is 10.6 Å². The molecule has 2 rings (SSSR count). The Balaban J connectivity index is 2.27. The largest absolute Gasteiger partial charge is 0.382 e. The van der Waals surface area contributed by atoms with Gasteiger partial charge in [0.05, 0.1) is 5.56 Å². The van der Waals surface area contributed by atoms with Crippen LogP contribution in [0.3, 0.4) is 0 Å². The third-order valence-electron chi connectivity index (χ3n) is 3.13. The first-order valence-electron chi connectivity index (χ1n) is 6.91. The van der Waals surface area contributed by atoms with Crippen molar-refractivity contribution in [2.45, 2.75) is 26.8 Å². The molecule has 2 aromatic carbocycles. The summed E-state index contributed by atoms with van der Waals surface area (Å²) in [6.07, 6.45) is 0. The van der Waals surface area contributed by atoms with Gasteiger partial charge in [0, 0.05) is 23.0 Å². The minimum absolute atomic E-state index is 0.217. The average molecular weight is 286 g/mol. The maximum atomic E-state index is 13.5. The molecule has 0 radical (unpaired) electrons. The molecule has 0 aliphatic carbocycles. The van der Waals surface area contributed by atoms with E-state index in [2.05, 4.69) is 10.6 Å². The van der Waals surface area contributed by atoms with Crippen molar-refractivity contribution in [3.05, 3.63) is 59.4 Å². The van der Waals surface area contributed by atoms with Crippen LogP contribution in [0.25, 0.3) is 0 Å². The Kier molecular flexibility index (Phi) is 4.58. The van der Waals surface area contributed by atoms with Crippen LogP contribution in [0.5, 0.6) is 0 Å². The monoisotopic (exact) mass is 286 g/mol. The molecule has 0 atom stereocenters. The fraction of sp³-hybridized carbons (Fsp3) is 0.235. The quantitative estimate of drug-likeness (QED) is 0.884. The molecule has 0 bridgehead atoms. The van der Waals surface area contributed by atoms with Crippen molar-refractivity contribution in [3.8, 4) is 0 Å². The number of benzene rings is 2. The molecule has 2 aromatic rings. The fourth-order valence-corrected chi connectivity index (χ4v) is 2.05. The first-order valence-corrected chi connectivity index (χ1v) is 6.91. The van der Waals surface area contributed by atoms with Crippen LogP contribution in [-0.4, -0.2) is 11.9 Å². The molecule has 0 spiro atoms. The van der Waals surface area contributed by atoms with Gasteiger partial charge in [-0.05, 0) is 45.0 Å². The van der Waals surface area contributed by atoms with Crippen molar-refractivity contribution in [3.63, 3.8) is 0 Å². The standard InChI is InChI=1S/C17H19FN2O/c1-11(2)19-16-9-5-4-7-13(16)17(21)20-15-10-6-8-14(18)12(15)3/h4-11,19H,1-3H3,(H,20,21). The van der Waals surface area contributed by atoms with Crippen molar-refractivity contribution >= 4 is 17.3 Å². The maximum Gasteiger partial charge on any atom is 0.257 e. The van der Waals surface area contributed by atoms with Gasteiger partial charge in [0.1, 0.15) is 5.82 Å². The molecule has 0 saturated carbocycles. The summed E-state index contributed by atoms with van der Waals surface area (Å²) in [7, 11) is 0. The molecule has 4 heteroatoms. The molecule has 0 heterocycles. The highest BCUT2D eigenvalue weighted by Gasteiger charge is 2.13. The molecule has 21 heavy (non-hydrogen) atoms. The summed E-state index contributed by atoms with van der Waals surface area (Å²) >= 11 is 0. The number of carbonyl (C=O) groups excluding carboxylic acids is 1. The zero-order valence-electron chi connectivity index (χ0n) is 12.4. The summed E-state index contributed by atoms with van der Waals surface area (Å²) in [6.45, 7) is 5.65. The second kappa shape index (κ2) is 6.39. The molecule has 1 amide bonds. The summed E-state index contributed by atoms with van der Waals surface area (Å²) < 4.78 is 13.5. The molecule has 110 valence electrons. The molecule has 0 aliphatic heterocycles. The number of anilines is 2. The van der Waals surface area contributed by atoms with E-state index in [9.17, 15) is 9.18 Å². The zero-order valence-corrected chi connectivity index (χ0v) is 12.4. The number of amides is 1. The minimum Gasteiger partial charge on any atom is -0.382 e. The highest BCUT2D eigenvalue weighted by molar-refractivity contribution is 6.08. The fourth-order valence-electron chi connectivity index (χ4n) is 2.05. The van der Waals surface area contributed by atoms with E-state index in [1.54, 1.807) is 31.2 Å². The number of carbonyl (C=O) groups is 1. The molecule has 0 saturated heterocycles. The van der Waals surface area contributed by atoms with E-state index in [-0.39, 0.29) is 17.8 Å². The Bertz CT molecular complexity index is 653. The Morgan fingerprint density at radius 3 is 2.43 bits per heavy atom. The van der Waals surface area contributed by atoms with Crippen molar-refractivity contribution in [1.29, 1.82) is 0 Å². The van der Waals surface area contributed by atoms with Gasteiger partial charge in [0.15, 0.2) is 0 Å². The highest BCUT2D eigenvalue weighted by Crippen LogP contribution is 2.21. The van der Waals surface area contributed by atoms with Gasteiger partial charge in [-0.3, -0.25) is 4.79 Å². The van der Waals surface area contributed by atoms with Crippen LogP contribution in [0, 0.1) is 12.7 Å². The average Bonchev–Trinajstić information content (AvgIpc) is 2.44. The molecule has 0 fully saturated rings. The van der Waals surface area contributed by atoms with Gasteiger partial charge in [-0.2, -0.15) is 0 Å². The first-order chi connectivity index (χ1) is 9.99. The number of rotatable bonds is 4. The van der Waals surface area contributed by atoms with E-state index in [0.29, 0.717) is 16.8 Å². The molecular formula is C17H19FN2O. The number of nitrogens with one attached hydrogen (secondary N) is 2. The van der Waals surface area contributed by atoms with E-state index in [0.717, 1.165) is 5.69 Å². The van der Waals surface area contributed by atoms with Crippen LogP contribution < -0.4 is 10.6 Å². The third-order valence-corrected chi connectivity index (χ3v) is 3.13. The number of para-hydroxylation sites is 1. The summed E-state index contributed by atoms with van der Waals surface area (Å²) in [5.41, 5.74) is 2.22. The highest BCUT2D eigenvalue weighted by atomic mass is 19.1. The second-order valence-corrected chi connectivity index (χ2v) is 5.21. The Morgan fingerprint density at radius 2 is 1.71 bits per heavy atom. The normalized spacial score (nSPS) is 10.5. The van der Waals surface area contributed by atoms with Crippen LogP contribution in [0.15, 0.2) is 42.5 Å². The van der Waals surface area contributed by atoms with Gasteiger partial charge in [0.25, 0.3) is 5.91 Å². The summed E-state index contributed by atoms with van der Waals surface area (Å²) in [6, 6.07) is 12.1. The Morgan fingerprint density at radius 1 is 1.05 bits per heavy atom. The molecule has 0 aromatic heterocycles. The lowest BCUT2D eigenvalue weighted by atomic mass is 10.1. The number of halogens is 1. The van der Waals surface area contributed by atoms with Crippen LogP contribution in [0.4, 0.5) is 15.8 Å². The van der Waals surface area contributed by atoms with Crippen molar-refractivity contribution < 1.29 is 9.18 Å². The minimum atomic E-state index is -0.332. The lowest BCUT2D eigenvalue weighted by Crippen LogP contribution is -2.18. The molecule has 0 aliphatic rings. The van der Waals surface area contributed by atoms with Gasteiger partial charge in [-0.25, -0.2) is 4.39 Å². The second-order valence-electron chi connectivity index (χ2n) is 5.21. The van der Waals surface area contributed by atoms with Crippen LogP contribution in [0.1, 0.15) is 29.8 Å². The van der Waals surface area contributed by atoms with Crippen LogP contribution in [-0.2, 0) is 0 Å². The molecule has 0 unspecified atom stereocenters. The van der Waals surface area contributed by atoms with Crippen LogP contribution >= 0.6 is 0 Å². The molecular weight excluding hydrogens is 267 g/mol. The topological polar surface area (TPSA) is 41.1 Å². The smallest absolute Gasteiger partial charge is 0.257 e. The Hall–Kier alpha value is -2.36. The van der Waals surface area contributed by atoms with Gasteiger partial charge in [0.2, 0.25) is 0 Å². The predicted octanol–water partition coefficient (Wildman–Crippen LogP) is 4.21. The summed E-state index contributed by atoms with van der Waals surface area (Å²) in [5.74, 6) is -0.589. The van der Waals surface area contributed by atoms with Crippen molar-refractivity contribution in [2.24, 2.45) is 0 Å². The third kappa shape index (κ3) is 3.60. The Labute approximate surface area is 124 Å². The predicted molar refractivity (Wildman–Crippen MR) is 84.3 cm³/mol. The SMILES string of the molecule is Cc1c(F)cccc1NC(=O)c1ccccc1NC(C)C. The van der Waals surface area contributed by atoms with E-state index in [1.807, 2.05) is 26.0 Å². The van der Waals surface area contributed by atoms with Gasteiger partial charge >= 0.3 is 0 Å². The van der Waals surface area contributed by atoms with Crippen LogP contribution in [0.2, 0.25) is 0 Å². The van der Waals surface area contributed by atoms with Gasteiger partial charge in [-0.15, -0.1) is 0 Å². The lowest BCUT2D eigenvalue weighted by molar-refractivity contribution is 0.102. The number of hydrogen-bond acceptors (Lipinski definition) is 2. The van der Waals surface area contributed by atoms with Gasteiger partial charge in [-0.1, -0.05) is 18.2 Å². The first kappa shape index (κ1) is 15.0. The van der Waals surface area contributed by atoms with E-state index in [4.69, 9.17) is 0 Å². The van der Waals surface area contributed by atoms with Crippen molar-refractivity contribution in [1.82, 2.24) is 0 Å². The summed E-state index contributed by atoms with van der Waals surface area (Å²) in [4.78, 5) is 12.4. The molecule has 2 N–H and O–H groups in total. The van der Waals surface area contributed by atoms with Crippen molar-refractivity contribution in [2.75, 3.05) is 10.6 Å². The van der Waals surface area contributed by atoms with E-state index >= 15 is 0 Å². The van der Waals surface area contributed by atoms with E-state index in [1.165, 1.54) is 6.07 Å². The summed E-state index contributed by atoms with van der Waals surface area (Å²) in [5, 5.41) is 5.99. The lowest BCUT2D eigenvalue weighted by Gasteiger charge is -2.15.